The number of thiazole rings is 1. The normalized spacial score (nSPS) is 10.8. The summed E-state index contributed by atoms with van der Waals surface area (Å²) in [6.45, 7) is 6.19. The standard InChI is InChI=1S/C20H19NO2S2/c1-14(2)16-9-7-15(8-10-16)13-23-19(22)11-12-24-20-21-17-5-3-4-6-18(17)25-20/h3-10H,1,11-13H2,2H3. The van der Waals surface area contributed by atoms with E-state index in [2.05, 4.69) is 17.6 Å². The molecular weight excluding hydrogens is 350 g/mol. The summed E-state index contributed by atoms with van der Waals surface area (Å²) in [6, 6.07) is 16.0. The van der Waals surface area contributed by atoms with Crippen LogP contribution in [0.5, 0.6) is 0 Å². The number of ether oxygens (including phenoxy) is 1. The monoisotopic (exact) mass is 369 g/mol. The SMILES string of the molecule is C=C(C)c1ccc(COC(=O)CCSc2nc3ccccc3s2)cc1. The summed E-state index contributed by atoms with van der Waals surface area (Å²) in [5.74, 6) is 0.491. The van der Waals surface area contributed by atoms with Crippen LogP contribution in [0.1, 0.15) is 24.5 Å². The summed E-state index contributed by atoms with van der Waals surface area (Å²) in [4.78, 5) is 16.4. The molecule has 0 aliphatic rings. The van der Waals surface area contributed by atoms with Gasteiger partial charge in [0.1, 0.15) is 6.61 Å². The lowest BCUT2D eigenvalue weighted by molar-refractivity contribution is -0.144. The quantitative estimate of drug-likeness (QED) is 0.404. The first-order valence-corrected chi connectivity index (χ1v) is 9.81. The van der Waals surface area contributed by atoms with Crippen LogP contribution >= 0.6 is 23.1 Å². The first-order chi connectivity index (χ1) is 12.1. The number of carbonyl (C=O) groups excluding carboxylic acids is 1. The molecule has 1 aromatic heterocycles. The summed E-state index contributed by atoms with van der Waals surface area (Å²) in [6.07, 6.45) is 0.379. The smallest absolute Gasteiger partial charge is 0.306 e. The van der Waals surface area contributed by atoms with E-state index in [9.17, 15) is 4.79 Å². The second-order valence-electron chi connectivity index (χ2n) is 5.68. The fourth-order valence-corrected chi connectivity index (χ4v) is 4.31. The maximum atomic E-state index is 11.9. The van der Waals surface area contributed by atoms with Crippen molar-refractivity contribution in [1.29, 1.82) is 0 Å². The second kappa shape index (κ2) is 8.32. The molecule has 0 aliphatic carbocycles. The third-order valence-corrected chi connectivity index (χ3v) is 5.83. The summed E-state index contributed by atoms with van der Waals surface area (Å²) < 4.78 is 7.50. The minimum absolute atomic E-state index is 0.183. The number of para-hydroxylation sites is 1. The van der Waals surface area contributed by atoms with Gasteiger partial charge in [-0.05, 0) is 30.2 Å². The predicted molar refractivity (Wildman–Crippen MR) is 106 cm³/mol. The summed E-state index contributed by atoms with van der Waals surface area (Å²) >= 11 is 3.25. The molecule has 0 radical (unpaired) electrons. The number of carbonyl (C=O) groups is 1. The highest BCUT2D eigenvalue weighted by atomic mass is 32.2. The molecule has 0 amide bonds. The molecule has 0 bridgehead atoms. The molecule has 3 aromatic rings. The maximum absolute atomic E-state index is 11.9. The zero-order valence-corrected chi connectivity index (χ0v) is 15.7. The number of fused-ring (bicyclic) bond motifs is 1. The number of aromatic nitrogens is 1. The largest absolute Gasteiger partial charge is 0.461 e. The summed E-state index contributed by atoms with van der Waals surface area (Å²) in [7, 11) is 0. The molecular formula is C20H19NO2S2. The van der Waals surface area contributed by atoms with Crippen LogP contribution in [0.2, 0.25) is 0 Å². The Morgan fingerprint density at radius 3 is 2.68 bits per heavy atom. The van der Waals surface area contributed by atoms with Crippen LogP contribution in [0.15, 0.2) is 59.4 Å². The van der Waals surface area contributed by atoms with Crippen LogP contribution in [0.25, 0.3) is 15.8 Å². The zero-order chi connectivity index (χ0) is 17.6. The number of rotatable bonds is 7. The van der Waals surface area contributed by atoms with Crippen molar-refractivity contribution in [2.24, 2.45) is 0 Å². The van der Waals surface area contributed by atoms with Crippen molar-refractivity contribution in [3.63, 3.8) is 0 Å². The zero-order valence-electron chi connectivity index (χ0n) is 14.0. The number of benzene rings is 2. The number of nitrogens with zero attached hydrogens (tertiary/aromatic N) is 1. The minimum Gasteiger partial charge on any atom is -0.461 e. The fourth-order valence-electron chi connectivity index (χ4n) is 2.26. The molecule has 0 saturated heterocycles. The molecule has 0 fully saturated rings. The van der Waals surface area contributed by atoms with Crippen LogP contribution in [-0.2, 0) is 16.1 Å². The lowest BCUT2D eigenvalue weighted by atomic mass is 10.1. The minimum atomic E-state index is -0.183. The number of hydrogen-bond acceptors (Lipinski definition) is 5. The topological polar surface area (TPSA) is 39.2 Å². The van der Waals surface area contributed by atoms with Crippen LogP contribution in [0.3, 0.4) is 0 Å². The fraction of sp³-hybridized carbons (Fsp3) is 0.200. The molecule has 0 N–H and O–H groups in total. The average Bonchev–Trinajstić information content (AvgIpc) is 3.03. The van der Waals surface area contributed by atoms with Crippen molar-refractivity contribution in [1.82, 2.24) is 4.98 Å². The van der Waals surface area contributed by atoms with E-state index in [0.29, 0.717) is 18.8 Å². The van der Waals surface area contributed by atoms with Gasteiger partial charge in [0.15, 0.2) is 4.34 Å². The molecule has 0 atom stereocenters. The highest BCUT2D eigenvalue weighted by Gasteiger charge is 2.07. The van der Waals surface area contributed by atoms with Gasteiger partial charge >= 0.3 is 5.97 Å². The first kappa shape index (κ1) is 17.7. The molecule has 0 saturated carbocycles. The number of allylic oxidation sites excluding steroid dienone is 1. The second-order valence-corrected chi connectivity index (χ2v) is 8.06. The van der Waals surface area contributed by atoms with Gasteiger partial charge in [-0.3, -0.25) is 4.79 Å². The van der Waals surface area contributed by atoms with Gasteiger partial charge in [-0.2, -0.15) is 0 Å². The van der Waals surface area contributed by atoms with Crippen LogP contribution in [-0.4, -0.2) is 16.7 Å². The maximum Gasteiger partial charge on any atom is 0.306 e. The van der Waals surface area contributed by atoms with Crippen molar-refractivity contribution in [3.05, 3.63) is 66.2 Å². The Balaban J connectivity index is 1.42. The van der Waals surface area contributed by atoms with Gasteiger partial charge < -0.3 is 4.74 Å². The molecule has 1 heterocycles. The van der Waals surface area contributed by atoms with Crippen LogP contribution in [0, 0.1) is 0 Å². The Morgan fingerprint density at radius 2 is 1.96 bits per heavy atom. The van der Waals surface area contributed by atoms with Gasteiger partial charge in [-0.1, -0.05) is 60.3 Å². The van der Waals surface area contributed by atoms with Crippen molar-refractivity contribution >= 4 is 44.9 Å². The average molecular weight is 370 g/mol. The van der Waals surface area contributed by atoms with Gasteiger partial charge in [-0.25, -0.2) is 4.98 Å². The number of esters is 1. The Morgan fingerprint density at radius 1 is 1.20 bits per heavy atom. The van der Waals surface area contributed by atoms with Crippen molar-refractivity contribution < 1.29 is 9.53 Å². The van der Waals surface area contributed by atoms with Gasteiger partial charge in [0.25, 0.3) is 0 Å². The van der Waals surface area contributed by atoms with Crippen molar-refractivity contribution in [3.8, 4) is 0 Å². The Kier molecular flexibility index (Phi) is 5.89. The van der Waals surface area contributed by atoms with E-state index in [1.165, 1.54) is 4.70 Å². The highest BCUT2D eigenvalue weighted by molar-refractivity contribution is 8.01. The molecule has 5 heteroatoms. The van der Waals surface area contributed by atoms with E-state index in [1.54, 1.807) is 23.1 Å². The Hall–Kier alpha value is -2.11. The molecule has 128 valence electrons. The predicted octanol–water partition coefficient (Wildman–Crippen LogP) is 5.56. The molecule has 3 rings (SSSR count). The van der Waals surface area contributed by atoms with Gasteiger partial charge in [0.05, 0.1) is 16.6 Å². The number of thioether (sulfide) groups is 1. The van der Waals surface area contributed by atoms with E-state index >= 15 is 0 Å². The molecule has 0 spiro atoms. The van der Waals surface area contributed by atoms with Crippen molar-refractivity contribution in [2.75, 3.05) is 5.75 Å². The van der Waals surface area contributed by atoms with E-state index in [0.717, 1.165) is 26.6 Å². The summed E-state index contributed by atoms with van der Waals surface area (Å²) in [5, 5.41) is 0. The lowest BCUT2D eigenvalue weighted by Crippen LogP contribution is -2.05. The Bertz CT molecular complexity index is 851. The van der Waals surface area contributed by atoms with Crippen molar-refractivity contribution in [2.45, 2.75) is 24.3 Å². The van der Waals surface area contributed by atoms with E-state index in [4.69, 9.17) is 4.74 Å². The third kappa shape index (κ3) is 4.94. The first-order valence-electron chi connectivity index (χ1n) is 8.00. The molecule has 2 aromatic carbocycles. The molecule has 0 unspecified atom stereocenters. The molecule has 0 aliphatic heterocycles. The lowest BCUT2D eigenvalue weighted by Gasteiger charge is -2.06. The van der Waals surface area contributed by atoms with E-state index in [1.807, 2.05) is 49.4 Å². The summed E-state index contributed by atoms with van der Waals surface area (Å²) in [5.41, 5.74) is 4.12. The molecule has 3 nitrogen and oxygen atoms in total. The van der Waals surface area contributed by atoms with Crippen LogP contribution in [0.4, 0.5) is 0 Å². The van der Waals surface area contributed by atoms with E-state index in [-0.39, 0.29) is 5.97 Å². The van der Waals surface area contributed by atoms with Gasteiger partial charge in [0.2, 0.25) is 0 Å². The number of hydrogen-bond donors (Lipinski definition) is 0. The highest BCUT2D eigenvalue weighted by Crippen LogP contribution is 2.29. The van der Waals surface area contributed by atoms with Crippen LogP contribution < -0.4 is 0 Å². The Labute approximate surface area is 155 Å². The van der Waals surface area contributed by atoms with E-state index < -0.39 is 0 Å². The third-order valence-electron chi connectivity index (χ3n) is 3.65. The molecule has 25 heavy (non-hydrogen) atoms. The van der Waals surface area contributed by atoms with Gasteiger partial charge in [-0.15, -0.1) is 11.3 Å². The van der Waals surface area contributed by atoms with Gasteiger partial charge in [0, 0.05) is 5.75 Å².